The number of carbonyl (C=O) groups is 1. The summed E-state index contributed by atoms with van der Waals surface area (Å²) < 4.78 is 19.3. The molecule has 0 bridgehead atoms. The minimum absolute atomic E-state index is 0.0272. The lowest BCUT2D eigenvalue weighted by Gasteiger charge is -2.21. The number of ether oxygens (including phenoxy) is 1. The Kier molecular flexibility index (Phi) is 5.81. The Bertz CT molecular complexity index is 925. The van der Waals surface area contributed by atoms with Crippen LogP contribution in [0.4, 0.5) is 9.52 Å². The van der Waals surface area contributed by atoms with Crippen LogP contribution in [0.1, 0.15) is 24.2 Å². The van der Waals surface area contributed by atoms with Gasteiger partial charge in [-0.3, -0.25) is 9.69 Å². The zero-order chi connectivity index (χ0) is 19.4. The Hall–Kier alpha value is -2.80. The first-order valence-corrected chi connectivity index (χ1v) is 9.35. The molecule has 2 aromatic carbocycles. The fraction of sp³-hybridized carbons (Fsp3) is 0.250. The molecule has 1 heterocycles. The van der Waals surface area contributed by atoms with Gasteiger partial charge in [0.15, 0.2) is 0 Å². The van der Waals surface area contributed by atoms with E-state index in [4.69, 9.17) is 4.74 Å². The third kappa shape index (κ3) is 4.31. The number of aromatic nitrogens is 2. The number of halogens is 1. The molecule has 0 spiro atoms. The van der Waals surface area contributed by atoms with Crippen molar-refractivity contribution >= 4 is 22.4 Å². The minimum atomic E-state index is -0.545. The molecule has 7 heteroatoms. The first kappa shape index (κ1) is 19.0. The van der Waals surface area contributed by atoms with Gasteiger partial charge in [0.2, 0.25) is 5.13 Å². The Labute approximate surface area is 161 Å². The predicted octanol–water partition coefficient (Wildman–Crippen LogP) is 4.66. The maximum atomic E-state index is 14.1. The number of hydrogen-bond acceptors (Lipinski definition) is 5. The van der Waals surface area contributed by atoms with Gasteiger partial charge in [0.1, 0.15) is 16.6 Å². The molecule has 140 valence electrons. The predicted molar refractivity (Wildman–Crippen MR) is 105 cm³/mol. The first-order chi connectivity index (χ1) is 13.0. The molecule has 0 N–H and O–H groups in total. The van der Waals surface area contributed by atoms with E-state index in [0.29, 0.717) is 16.7 Å². The van der Waals surface area contributed by atoms with Crippen molar-refractivity contribution in [3.8, 4) is 16.3 Å². The zero-order valence-corrected chi connectivity index (χ0v) is 16.2. The fourth-order valence-electron chi connectivity index (χ4n) is 2.57. The van der Waals surface area contributed by atoms with Crippen LogP contribution in [0.3, 0.4) is 0 Å². The second kappa shape index (κ2) is 8.26. The van der Waals surface area contributed by atoms with Crippen molar-refractivity contribution in [2.75, 3.05) is 18.6 Å². The summed E-state index contributed by atoms with van der Waals surface area (Å²) in [6, 6.07) is 13.4. The van der Waals surface area contributed by atoms with Crippen molar-refractivity contribution in [1.82, 2.24) is 10.2 Å². The number of hydrogen-bond donors (Lipinski definition) is 0. The van der Waals surface area contributed by atoms with Crippen LogP contribution in [0.15, 0.2) is 48.5 Å². The van der Waals surface area contributed by atoms with Gasteiger partial charge in [0.25, 0.3) is 5.91 Å². The summed E-state index contributed by atoms with van der Waals surface area (Å²) in [5.41, 5.74) is 0.904. The molecule has 1 aromatic heterocycles. The van der Waals surface area contributed by atoms with Crippen LogP contribution < -0.4 is 9.64 Å². The van der Waals surface area contributed by atoms with Crippen molar-refractivity contribution in [2.45, 2.75) is 13.8 Å². The van der Waals surface area contributed by atoms with E-state index in [2.05, 4.69) is 10.2 Å². The van der Waals surface area contributed by atoms with Gasteiger partial charge in [0, 0.05) is 12.1 Å². The van der Waals surface area contributed by atoms with Gasteiger partial charge in [-0.25, -0.2) is 4.39 Å². The van der Waals surface area contributed by atoms with Crippen molar-refractivity contribution in [1.29, 1.82) is 0 Å². The van der Waals surface area contributed by atoms with Gasteiger partial charge in [-0.1, -0.05) is 37.3 Å². The van der Waals surface area contributed by atoms with Crippen LogP contribution in [0.5, 0.6) is 5.75 Å². The maximum absolute atomic E-state index is 14.1. The lowest BCUT2D eigenvalue weighted by atomic mass is 10.1. The normalized spacial score (nSPS) is 10.9. The lowest BCUT2D eigenvalue weighted by molar-refractivity contribution is 0.0980. The van der Waals surface area contributed by atoms with Gasteiger partial charge < -0.3 is 4.74 Å². The smallest absolute Gasteiger partial charge is 0.263 e. The molecule has 5 nitrogen and oxygen atoms in total. The standard InChI is InChI=1S/C20H20FN3O2S/c1-13(2)12-24(19(25)16-6-4-5-7-17(16)21)20-23-22-18(27-20)14-8-10-15(26-3)11-9-14/h4-11,13H,12H2,1-3H3. The molecule has 0 fully saturated rings. The molecule has 1 amide bonds. The molecular weight excluding hydrogens is 365 g/mol. The molecule has 0 radical (unpaired) electrons. The summed E-state index contributed by atoms with van der Waals surface area (Å²) in [4.78, 5) is 14.4. The minimum Gasteiger partial charge on any atom is -0.497 e. The molecule has 0 saturated carbocycles. The van der Waals surface area contributed by atoms with Crippen molar-refractivity contribution in [3.63, 3.8) is 0 Å². The highest BCUT2D eigenvalue weighted by Crippen LogP contribution is 2.31. The van der Waals surface area contributed by atoms with Crippen molar-refractivity contribution in [2.24, 2.45) is 5.92 Å². The number of benzene rings is 2. The number of anilines is 1. The molecule has 0 unspecified atom stereocenters. The average Bonchev–Trinajstić information content (AvgIpc) is 3.16. The van der Waals surface area contributed by atoms with E-state index >= 15 is 0 Å². The first-order valence-electron chi connectivity index (χ1n) is 8.54. The summed E-state index contributed by atoms with van der Waals surface area (Å²) in [5, 5.41) is 9.52. The van der Waals surface area contributed by atoms with Crippen LogP contribution in [0.2, 0.25) is 0 Å². The summed E-state index contributed by atoms with van der Waals surface area (Å²) >= 11 is 1.30. The monoisotopic (exact) mass is 385 g/mol. The van der Waals surface area contributed by atoms with Crippen LogP contribution in [-0.2, 0) is 0 Å². The van der Waals surface area contributed by atoms with Crippen LogP contribution in [0.25, 0.3) is 10.6 Å². The summed E-state index contributed by atoms with van der Waals surface area (Å²) in [6.07, 6.45) is 0. The highest BCUT2D eigenvalue weighted by Gasteiger charge is 2.24. The molecular formula is C20H20FN3O2S. The fourth-order valence-corrected chi connectivity index (χ4v) is 3.43. The Morgan fingerprint density at radius 2 is 1.85 bits per heavy atom. The molecule has 0 aliphatic carbocycles. The molecule has 27 heavy (non-hydrogen) atoms. The Morgan fingerprint density at radius 3 is 2.48 bits per heavy atom. The van der Waals surface area contributed by atoms with Gasteiger partial charge in [-0.2, -0.15) is 0 Å². The molecule has 0 aliphatic heterocycles. The molecule has 3 rings (SSSR count). The molecule has 0 atom stereocenters. The number of methoxy groups -OCH3 is 1. The van der Waals surface area contributed by atoms with E-state index < -0.39 is 11.7 Å². The molecule has 0 aliphatic rings. The number of rotatable bonds is 6. The average molecular weight is 385 g/mol. The molecule has 3 aromatic rings. The second-order valence-electron chi connectivity index (χ2n) is 6.41. The van der Waals surface area contributed by atoms with E-state index in [-0.39, 0.29) is 11.5 Å². The quantitative estimate of drug-likeness (QED) is 0.619. The van der Waals surface area contributed by atoms with Gasteiger partial charge in [-0.15, -0.1) is 10.2 Å². The maximum Gasteiger partial charge on any atom is 0.263 e. The van der Waals surface area contributed by atoms with Crippen molar-refractivity contribution in [3.05, 3.63) is 59.9 Å². The highest BCUT2D eigenvalue weighted by atomic mass is 32.1. The third-order valence-corrected chi connectivity index (χ3v) is 4.87. The van der Waals surface area contributed by atoms with Gasteiger partial charge >= 0.3 is 0 Å². The lowest BCUT2D eigenvalue weighted by Crippen LogP contribution is -2.34. The van der Waals surface area contributed by atoms with E-state index in [1.807, 2.05) is 38.1 Å². The second-order valence-corrected chi connectivity index (χ2v) is 7.36. The SMILES string of the molecule is COc1ccc(-c2nnc(N(CC(C)C)C(=O)c3ccccc3F)s2)cc1. The van der Waals surface area contributed by atoms with E-state index in [1.54, 1.807) is 19.2 Å². The van der Waals surface area contributed by atoms with Crippen LogP contribution >= 0.6 is 11.3 Å². The van der Waals surface area contributed by atoms with E-state index in [9.17, 15) is 9.18 Å². The van der Waals surface area contributed by atoms with Gasteiger partial charge in [-0.05, 0) is 42.3 Å². The Balaban J connectivity index is 1.93. The number of carbonyl (C=O) groups excluding carboxylic acids is 1. The summed E-state index contributed by atoms with van der Waals surface area (Å²) in [6.45, 7) is 4.41. The topological polar surface area (TPSA) is 55.3 Å². The zero-order valence-electron chi connectivity index (χ0n) is 15.3. The number of amides is 1. The van der Waals surface area contributed by atoms with Crippen molar-refractivity contribution < 1.29 is 13.9 Å². The van der Waals surface area contributed by atoms with E-state index in [1.165, 1.54) is 28.4 Å². The van der Waals surface area contributed by atoms with E-state index in [0.717, 1.165) is 11.3 Å². The summed E-state index contributed by atoms with van der Waals surface area (Å²) in [5.74, 6) is -0.0240. The van der Waals surface area contributed by atoms with Crippen LogP contribution in [0, 0.1) is 11.7 Å². The summed E-state index contributed by atoms with van der Waals surface area (Å²) in [7, 11) is 1.61. The molecule has 0 saturated heterocycles. The van der Waals surface area contributed by atoms with Gasteiger partial charge in [0.05, 0.1) is 12.7 Å². The largest absolute Gasteiger partial charge is 0.497 e. The van der Waals surface area contributed by atoms with Crippen LogP contribution in [-0.4, -0.2) is 29.8 Å². The third-order valence-electron chi connectivity index (χ3n) is 3.88. The highest BCUT2D eigenvalue weighted by molar-refractivity contribution is 7.18. The number of nitrogens with zero attached hydrogens (tertiary/aromatic N) is 3. The Morgan fingerprint density at radius 1 is 1.15 bits per heavy atom.